The summed E-state index contributed by atoms with van der Waals surface area (Å²) in [4.78, 5) is 25.5. The fourth-order valence-corrected chi connectivity index (χ4v) is 2.75. The van der Waals surface area contributed by atoms with Crippen molar-refractivity contribution in [1.29, 1.82) is 0 Å². The van der Waals surface area contributed by atoms with E-state index >= 15 is 0 Å². The molecule has 118 valence electrons. The predicted octanol–water partition coefficient (Wildman–Crippen LogP) is 2.68. The summed E-state index contributed by atoms with van der Waals surface area (Å²) in [5, 5.41) is 0. The van der Waals surface area contributed by atoms with Gasteiger partial charge in [-0.1, -0.05) is 32.0 Å². The first-order valence-electron chi connectivity index (χ1n) is 7.54. The van der Waals surface area contributed by atoms with Crippen LogP contribution in [0.25, 0.3) is 5.69 Å². The smallest absolute Gasteiger partial charge is 0.338 e. The van der Waals surface area contributed by atoms with Crippen molar-refractivity contribution in [3.63, 3.8) is 0 Å². The summed E-state index contributed by atoms with van der Waals surface area (Å²) in [5.74, 6) is 0.295. The van der Waals surface area contributed by atoms with E-state index in [0.717, 1.165) is 12.8 Å². The van der Waals surface area contributed by atoms with Crippen molar-refractivity contribution in [3.05, 3.63) is 56.7 Å². The third-order valence-electron chi connectivity index (χ3n) is 3.98. The fourth-order valence-electron chi connectivity index (χ4n) is 2.75. The molecule has 2 rings (SSSR count). The van der Waals surface area contributed by atoms with Gasteiger partial charge in [0.2, 0.25) is 5.88 Å². The Morgan fingerprint density at radius 3 is 2.18 bits per heavy atom. The molecular weight excluding hydrogens is 280 g/mol. The second kappa shape index (κ2) is 6.64. The lowest BCUT2D eigenvalue weighted by molar-refractivity contribution is 0.359. The molecule has 0 bridgehead atoms. The van der Waals surface area contributed by atoms with Gasteiger partial charge in [0.25, 0.3) is 5.56 Å². The third kappa shape index (κ3) is 2.58. The first kappa shape index (κ1) is 16.1. The number of nitrogens with zero attached hydrogens (tertiary/aromatic N) is 2. The van der Waals surface area contributed by atoms with E-state index in [9.17, 15) is 9.59 Å². The Kier molecular flexibility index (Phi) is 4.85. The number of hydrogen-bond donors (Lipinski definition) is 0. The minimum atomic E-state index is -0.354. The van der Waals surface area contributed by atoms with E-state index in [1.54, 1.807) is 6.92 Å². The zero-order valence-corrected chi connectivity index (χ0v) is 13.5. The second-order valence-electron chi connectivity index (χ2n) is 5.23. The summed E-state index contributed by atoms with van der Waals surface area (Å²) in [6.07, 6.45) is 1.46. The van der Waals surface area contributed by atoms with Gasteiger partial charge >= 0.3 is 5.69 Å². The molecule has 0 saturated heterocycles. The maximum Gasteiger partial charge on any atom is 0.338 e. The minimum Gasteiger partial charge on any atom is -0.481 e. The molecule has 22 heavy (non-hydrogen) atoms. The molecule has 0 aliphatic heterocycles. The highest BCUT2D eigenvalue weighted by atomic mass is 16.5. The van der Waals surface area contributed by atoms with Crippen LogP contribution in [0.4, 0.5) is 0 Å². The van der Waals surface area contributed by atoms with E-state index in [2.05, 4.69) is 0 Å². The summed E-state index contributed by atoms with van der Waals surface area (Å²) < 4.78 is 8.16. The van der Waals surface area contributed by atoms with Crippen LogP contribution in [0.3, 0.4) is 0 Å². The monoisotopic (exact) mass is 302 g/mol. The van der Waals surface area contributed by atoms with Crippen LogP contribution in [0, 0.1) is 6.92 Å². The maximum absolute atomic E-state index is 12.9. The molecular formula is C17H22N2O3. The van der Waals surface area contributed by atoms with E-state index in [1.165, 1.54) is 16.2 Å². The maximum atomic E-state index is 12.9. The molecule has 1 aromatic carbocycles. The van der Waals surface area contributed by atoms with Gasteiger partial charge in [0.1, 0.15) is 0 Å². The molecule has 0 aliphatic rings. The number of aromatic nitrogens is 2. The molecule has 1 aromatic heterocycles. The van der Waals surface area contributed by atoms with Crippen molar-refractivity contribution >= 4 is 0 Å². The standard InChI is InChI=1S/C17H22N2O3/c1-5-13(6-2)18-15(20)12(3)16(22-4)19(17(18)21)14-10-8-7-9-11-14/h7-11,13H,5-6H2,1-4H3. The van der Waals surface area contributed by atoms with Crippen molar-refractivity contribution in [2.24, 2.45) is 0 Å². The Morgan fingerprint density at radius 2 is 1.68 bits per heavy atom. The molecule has 0 unspecified atom stereocenters. The van der Waals surface area contributed by atoms with E-state index in [4.69, 9.17) is 4.74 Å². The largest absolute Gasteiger partial charge is 0.481 e. The average molecular weight is 302 g/mol. The van der Waals surface area contributed by atoms with Crippen LogP contribution in [0.2, 0.25) is 0 Å². The van der Waals surface area contributed by atoms with Crippen LogP contribution in [-0.2, 0) is 0 Å². The van der Waals surface area contributed by atoms with Crippen LogP contribution < -0.4 is 16.0 Å². The molecule has 0 saturated carbocycles. The molecule has 0 atom stereocenters. The van der Waals surface area contributed by atoms with E-state index in [0.29, 0.717) is 17.1 Å². The van der Waals surface area contributed by atoms with Gasteiger partial charge in [-0.25, -0.2) is 9.36 Å². The summed E-state index contributed by atoms with van der Waals surface area (Å²) in [6.45, 7) is 5.65. The SMILES string of the molecule is CCC(CC)n1c(=O)c(C)c(OC)n(-c2ccccc2)c1=O. The first-order valence-corrected chi connectivity index (χ1v) is 7.54. The lowest BCUT2D eigenvalue weighted by atomic mass is 10.1. The van der Waals surface area contributed by atoms with Gasteiger partial charge in [-0.05, 0) is 31.9 Å². The van der Waals surface area contributed by atoms with E-state index < -0.39 is 0 Å². The third-order valence-corrected chi connectivity index (χ3v) is 3.98. The normalized spacial score (nSPS) is 11.0. The number of rotatable bonds is 5. The highest BCUT2D eigenvalue weighted by Crippen LogP contribution is 2.19. The number of methoxy groups -OCH3 is 1. The van der Waals surface area contributed by atoms with Crippen LogP contribution in [0.5, 0.6) is 5.88 Å². The molecule has 2 aromatic rings. The van der Waals surface area contributed by atoms with Gasteiger partial charge in [-0.3, -0.25) is 9.36 Å². The van der Waals surface area contributed by atoms with Crippen molar-refractivity contribution in [2.75, 3.05) is 7.11 Å². The summed E-state index contributed by atoms with van der Waals surface area (Å²) in [7, 11) is 1.47. The van der Waals surface area contributed by atoms with Gasteiger partial charge in [-0.15, -0.1) is 0 Å². The molecule has 0 aliphatic carbocycles. The van der Waals surface area contributed by atoms with E-state index in [1.807, 2.05) is 44.2 Å². The Balaban J connectivity index is 2.89. The van der Waals surface area contributed by atoms with Gasteiger partial charge in [0.05, 0.1) is 18.4 Å². The van der Waals surface area contributed by atoms with Crippen molar-refractivity contribution < 1.29 is 4.74 Å². The van der Waals surface area contributed by atoms with E-state index in [-0.39, 0.29) is 17.3 Å². The predicted molar refractivity (Wildman–Crippen MR) is 87.2 cm³/mol. The van der Waals surface area contributed by atoms with Gasteiger partial charge in [-0.2, -0.15) is 0 Å². The second-order valence-corrected chi connectivity index (χ2v) is 5.23. The summed E-state index contributed by atoms with van der Waals surface area (Å²) >= 11 is 0. The minimum absolute atomic E-state index is 0.112. The number of para-hydroxylation sites is 1. The van der Waals surface area contributed by atoms with Gasteiger partial charge in [0, 0.05) is 6.04 Å². The van der Waals surface area contributed by atoms with Crippen LogP contribution >= 0.6 is 0 Å². The summed E-state index contributed by atoms with van der Waals surface area (Å²) in [5.41, 5.74) is 0.500. The Morgan fingerprint density at radius 1 is 1.09 bits per heavy atom. The topological polar surface area (TPSA) is 53.2 Å². The zero-order chi connectivity index (χ0) is 16.3. The number of ether oxygens (including phenoxy) is 1. The zero-order valence-electron chi connectivity index (χ0n) is 13.5. The van der Waals surface area contributed by atoms with Gasteiger partial charge < -0.3 is 4.74 Å². The van der Waals surface area contributed by atoms with Crippen molar-refractivity contribution in [1.82, 2.24) is 9.13 Å². The number of benzene rings is 1. The fraction of sp³-hybridized carbons (Fsp3) is 0.412. The molecule has 5 nitrogen and oxygen atoms in total. The van der Waals surface area contributed by atoms with Crippen LogP contribution in [0.1, 0.15) is 38.3 Å². The van der Waals surface area contributed by atoms with Crippen molar-refractivity contribution in [2.45, 2.75) is 39.7 Å². The molecule has 0 radical (unpaired) electrons. The average Bonchev–Trinajstić information content (AvgIpc) is 2.55. The van der Waals surface area contributed by atoms with Gasteiger partial charge in [0.15, 0.2) is 0 Å². The Bertz CT molecular complexity index is 756. The highest BCUT2D eigenvalue weighted by molar-refractivity contribution is 5.38. The summed E-state index contributed by atoms with van der Waals surface area (Å²) in [6, 6.07) is 9.12. The highest BCUT2D eigenvalue weighted by Gasteiger charge is 2.21. The lowest BCUT2D eigenvalue weighted by Crippen LogP contribution is -2.43. The molecule has 0 fully saturated rings. The van der Waals surface area contributed by atoms with Crippen LogP contribution in [-0.4, -0.2) is 16.2 Å². The molecule has 0 N–H and O–H groups in total. The van der Waals surface area contributed by atoms with Crippen molar-refractivity contribution in [3.8, 4) is 11.6 Å². The Hall–Kier alpha value is -2.30. The molecule has 5 heteroatoms. The molecule has 1 heterocycles. The number of hydrogen-bond acceptors (Lipinski definition) is 3. The first-order chi connectivity index (χ1) is 10.6. The molecule has 0 spiro atoms. The quantitative estimate of drug-likeness (QED) is 0.853. The Labute approximate surface area is 129 Å². The molecule has 0 amide bonds. The van der Waals surface area contributed by atoms with Crippen LogP contribution in [0.15, 0.2) is 39.9 Å². The lowest BCUT2D eigenvalue weighted by Gasteiger charge is -2.21.